The van der Waals surface area contributed by atoms with Gasteiger partial charge in [-0.25, -0.2) is 0 Å². The molecular weight excluding hydrogens is 775 g/mol. The van der Waals surface area contributed by atoms with Gasteiger partial charge in [0, 0.05) is 0 Å². The molecule has 0 nitrogen and oxygen atoms in total. The number of halogens is 2. The smallest absolute Gasteiger partial charge is 1.00 e. The van der Waals surface area contributed by atoms with Crippen LogP contribution >= 0.6 is 0 Å². The molecule has 0 N–H and O–H groups in total. The van der Waals surface area contributed by atoms with Crippen LogP contribution in [0.15, 0.2) is 118 Å². The normalized spacial score (nSPS) is 18.4. The van der Waals surface area contributed by atoms with Crippen molar-refractivity contribution >= 4 is 14.4 Å². The number of fused-ring (bicyclic) bond motifs is 5. The van der Waals surface area contributed by atoms with E-state index in [4.69, 9.17) is 0 Å². The Balaban J connectivity index is 0.00000249. The first-order valence-electron chi connectivity index (χ1n) is 19.7. The Labute approximate surface area is 345 Å². The van der Waals surface area contributed by atoms with E-state index in [-0.39, 0.29) is 41.1 Å². The summed E-state index contributed by atoms with van der Waals surface area (Å²) in [5.41, 5.74) is 19.6. The van der Waals surface area contributed by atoms with Crippen LogP contribution < -0.4 is 24.8 Å². The van der Waals surface area contributed by atoms with Gasteiger partial charge in [-0.3, -0.25) is 0 Å². The quantitative estimate of drug-likeness (QED) is 0.183. The molecule has 0 saturated carbocycles. The van der Waals surface area contributed by atoms with Crippen LogP contribution in [-0.4, -0.2) is 3.21 Å². The van der Waals surface area contributed by atoms with Crippen molar-refractivity contribution in [3.05, 3.63) is 163 Å². The van der Waals surface area contributed by atoms with Crippen molar-refractivity contribution in [3.8, 4) is 11.1 Å². The summed E-state index contributed by atoms with van der Waals surface area (Å²) >= 11 is -2.84. The molecule has 4 aromatic rings. The standard InChI is InChI=1S/C25H25.C15H14.C11H17.2ClH.Zr/c1-14-12-24(3,4)22-8-16-7-17-9-23-19(15(2)13-25(23,5)6)11-21(17)20(16)10-18(14)22;1-3-8-14(9-4-1)12-7-13-15-10-5-2-6-11-15;1-5-9-6-7-10(8-9)11(2,3)4;;;/h7-13H,1-6H3;1-6,8-11H,12-13H2;7-9H,5H2,1-4H3;2*1H;/q;;;;;+2/p-2. The van der Waals surface area contributed by atoms with Crippen molar-refractivity contribution in [1.29, 1.82) is 0 Å². The average Bonchev–Trinajstić information content (AvgIpc) is 3.79. The molecule has 0 heterocycles. The Morgan fingerprint density at radius 3 is 1.50 bits per heavy atom. The van der Waals surface area contributed by atoms with Gasteiger partial charge in [-0.2, -0.15) is 0 Å². The van der Waals surface area contributed by atoms with Gasteiger partial charge in [0.15, 0.2) is 0 Å². The third kappa shape index (κ3) is 7.06. The molecule has 0 radical (unpaired) electrons. The van der Waals surface area contributed by atoms with Crippen molar-refractivity contribution in [1.82, 2.24) is 0 Å². The average molecular weight is 831 g/mol. The summed E-state index contributed by atoms with van der Waals surface area (Å²) in [6.07, 6.45) is 13.7. The summed E-state index contributed by atoms with van der Waals surface area (Å²) in [7, 11) is 0. The summed E-state index contributed by atoms with van der Waals surface area (Å²) in [6.45, 7) is 24.0. The molecule has 0 bridgehead atoms. The molecule has 4 aromatic carbocycles. The molecule has 0 saturated heterocycles. The second-order valence-corrected chi connectivity index (χ2v) is 24.9. The van der Waals surface area contributed by atoms with Crippen LogP contribution in [-0.2, 0) is 44.9 Å². The number of hydrogen-bond donors (Lipinski definition) is 0. The minimum absolute atomic E-state index is 0. The molecule has 0 aromatic heterocycles. The first kappa shape index (κ1) is 40.8. The Hall–Kier alpha value is -2.83. The Kier molecular flexibility index (Phi) is 11.3. The van der Waals surface area contributed by atoms with E-state index in [1.807, 2.05) is 6.49 Å². The topological polar surface area (TPSA) is 0 Å². The fraction of sp³-hybridized carbons (Fsp3) is 0.353. The van der Waals surface area contributed by atoms with Gasteiger partial charge in [0.05, 0.1) is 0 Å². The molecule has 278 valence electrons. The molecule has 0 aliphatic heterocycles. The third-order valence-electron chi connectivity index (χ3n) is 12.6. The molecule has 0 amide bonds. The van der Waals surface area contributed by atoms with Crippen LogP contribution in [0.1, 0.15) is 124 Å². The maximum atomic E-state index is 2.74. The van der Waals surface area contributed by atoms with Crippen molar-refractivity contribution in [2.75, 3.05) is 0 Å². The zero-order valence-electron chi connectivity index (χ0n) is 33.9. The van der Waals surface area contributed by atoms with Crippen LogP contribution in [0.25, 0.3) is 22.3 Å². The van der Waals surface area contributed by atoms with Gasteiger partial charge in [0.25, 0.3) is 0 Å². The zero-order valence-corrected chi connectivity index (χ0v) is 37.9. The summed E-state index contributed by atoms with van der Waals surface area (Å²) < 4.78 is 4.05. The SMILES string of the molecule is CCC1C=C(C(C)(C)C)C=[C]1[Zr+2](=[C](Cc1ccccc1)Cc1ccccc1)[CH]1c2cc3c(cc2-c2cc4c(cc21)C(C)(C)C=C4C)C(C)=CC3(C)C.[Cl-].[Cl-]. The van der Waals surface area contributed by atoms with Crippen LogP contribution in [0.3, 0.4) is 0 Å². The molecule has 4 aliphatic rings. The number of rotatable bonds is 7. The number of hydrogen-bond acceptors (Lipinski definition) is 0. The molecule has 4 aliphatic carbocycles. The molecule has 54 heavy (non-hydrogen) atoms. The summed E-state index contributed by atoms with van der Waals surface area (Å²) in [5.74, 6) is 0.502. The first-order chi connectivity index (χ1) is 24.7. The minimum atomic E-state index is -2.84. The predicted molar refractivity (Wildman–Crippen MR) is 222 cm³/mol. The van der Waals surface area contributed by atoms with Crippen molar-refractivity contribution < 1.29 is 46.1 Å². The molecule has 0 fully saturated rings. The van der Waals surface area contributed by atoms with Crippen molar-refractivity contribution in [2.24, 2.45) is 11.3 Å². The fourth-order valence-electron chi connectivity index (χ4n) is 9.99. The molecule has 1 unspecified atom stereocenters. The second kappa shape index (κ2) is 14.9. The van der Waals surface area contributed by atoms with Crippen molar-refractivity contribution in [3.63, 3.8) is 0 Å². The molecular formula is C51H56Cl2Zr. The monoisotopic (exact) mass is 828 g/mol. The summed E-state index contributed by atoms with van der Waals surface area (Å²) in [5, 5.41) is 0. The third-order valence-corrected chi connectivity index (χ3v) is 21.1. The summed E-state index contributed by atoms with van der Waals surface area (Å²) in [4.78, 5) is 0. The van der Waals surface area contributed by atoms with Crippen molar-refractivity contribution in [2.45, 2.75) is 103 Å². The van der Waals surface area contributed by atoms with E-state index in [0.717, 1.165) is 19.3 Å². The maximum absolute atomic E-state index is 2.84. The predicted octanol–water partition coefficient (Wildman–Crippen LogP) is 7.33. The largest absolute Gasteiger partial charge is 1.00 e. The van der Waals surface area contributed by atoms with E-state index < -0.39 is 21.3 Å². The Bertz CT molecular complexity index is 2140. The molecule has 0 spiro atoms. The summed E-state index contributed by atoms with van der Waals surface area (Å²) in [6, 6.07) is 33.4. The van der Waals surface area contributed by atoms with Crippen LogP contribution in [0.2, 0.25) is 0 Å². The van der Waals surface area contributed by atoms with E-state index >= 15 is 0 Å². The van der Waals surface area contributed by atoms with E-state index in [0.29, 0.717) is 9.54 Å². The van der Waals surface area contributed by atoms with Gasteiger partial charge in [0.2, 0.25) is 0 Å². The molecule has 1 atom stereocenters. The van der Waals surface area contributed by atoms with Gasteiger partial charge in [0.1, 0.15) is 0 Å². The van der Waals surface area contributed by atoms with Gasteiger partial charge in [-0.15, -0.1) is 0 Å². The van der Waals surface area contributed by atoms with Gasteiger partial charge in [-0.1, -0.05) is 0 Å². The first-order valence-corrected chi connectivity index (χ1v) is 23.5. The van der Waals surface area contributed by atoms with E-state index in [2.05, 4.69) is 178 Å². The van der Waals surface area contributed by atoms with E-state index in [1.165, 1.54) is 61.2 Å². The molecule has 8 rings (SSSR count). The Morgan fingerprint density at radius 1 is 0.648 bits per heavy atom. The number of allylic oxidation sites excluding steroid dienone is 8. The second-order valence-electron chi connectivity index (χ2n) is 18.3. The minimum Gasteiger partial charge on any atom is -1.00 e. The van der Waals surface area contributed by atoms with Gasteiger partial charge < -0.3 is 24.8 Å². The van der Waals surface area contributed by atoms with Crippen LogP contribution in [0, 0.1) is 11.3 Å². The zero-order chi connectivity index (χ0) is 36.7. The van der Waals surface area contributed by atoms with Crippen LogP contribution in [0.4, 0.5) is 0 Å². The fourth-order valence-corrected chi connectivity index (χ4v) is 19.9. The Morgan fingerprint density at radius 2 is 1.09 bits per heavy atom. The van der Waals surface area contributed by atoms with E-state index in [1.54, 1.807) is 11.1 Å². The molecule has 3 heteroatoms. The number of benzene rings is 4. The van der Waals surface area contributed by atoms with Gasteiger partial charge in [-0.05, 0) is 0 Å². The van der Waals surface area contributed by atoms with E-state index in [9.17, 15) is 0 Å². The maximum Gasteiger partial charge on any atom is -1.00 e. The van der Waals surface area contributed by atoms with Gasteiger partial charge >= 0.3 is 324 Å². The van der Waals surface area contributed by atoms with Crippen LogP contribution in [0.5, 0.6) is 0 Å².